The van der Waals surface area contributed by atoms with Crippen molar-refractivity contribution in [3.05, 3.63) is 69.2 Å². The maximum absolute atomic E-state index is 13.1. The average molecular weight is 531 g/mol. The number of amides is 1. The lowest BCUT2D eigenvalue weighted by atomic mass is 10.1. The molecule has 3 aromatic rings. The first-order chi connectivity index (χ1) is 15.4. The van der Waals surface area contributed by atoms with Gasteiger partial charge in [-0.15, -0.1) is 0 Å². The summed E-state index contributed by atoms with van der Waals surface area (Å²) >= 11 is 10.3. The first-order valence-corrected chi connectivity index (χ1v) is 11.6. The van der Waals surface area contributed by atoms with E-state index in [9.17, 15) is 9.59 Å². The van der Waals surface area contributed by atoms with Crippen molar-refractivity contribution in [2.75, 3.05) is 14.2 Å². The lowest BCUT2D eigenvalue weighted by Crippen LogP contribution is -2.27. The summed E-state index contributed by atoms with van der Waals surface area (Å²) in [6, 6.07) is 13.3. The first kappa shape index (κ1) is 22.6. The van der Waals surface area contributed by atoms with Crippen molar-refractivity contribution in [3.8, 4) is 5.75 Å². The van der Waals surface area contributed by atoms with Crippen LogP contribution in [-0.4, -0.2) is 39.9 Å². The number of methoxy groups -OCH3 is 2. The van der Waals surface area contributed by atoms with E-state index in [0.29, 0.717) is 15.8 Å². The molecule has 0 aliphatic carbocycles. The van der Waals surface area contributed by atoms with Gasteiger partial charge < -0.3 is 14.0 Å². The van der Waals surface area contributed by atoms with Crippen LogP contribution in [0.25, 0.3) is 17.0 Å². The van der Waals surface area contributed by atoms with E-state index in [4.69, 9.17) is 21.7 Å². The number of hydrogen-bond acceptors (Lipinski definition) is 6. The second-order valence-corrected chi connectivity index (χ2v) is 9.66. The molecule has 1 aliphatic heterocycles. The van der Waals surface area contributed by atoms with Crippen molar-refractivity contribution >= 4 is 73.1 Å². The quantitative estimate of drug-likeness (QED) is 0.254. The van der Waals surface area contributed by atoms with Gasteiger partial charge in [0.1, 0.15) is 16.6 Å². The molecule has 0 bridgehead atoms. The van der Waals surface area contributed by atoms with Crippen LogP contribution in [0.1, 0.15) is 11.1 Å². The van der Waals surface area contributed by atoms with E-state index in [-0.39, 0.29) is 18.4 Å². The van der Waals surface area contributed by atoms with Crippen LogP contribution in [0.5, 0.6) is 5.75 Å². The van der Waals surface area contributed by atoms with Crippen molar-refractivity contribution in [1.82, 2.24) is 9.47 Å². The minimum Gasteiger partial charge on any atom is -0.497 e. The molecule has 0 saturated carbocycles. The number of halogens is 1. The Morgan fingerprint density at radius 2 is 1.94 bits per heavy atom. The minimum absolute atomic E-state index is 0.0842. The van der Waals surface area contributed by atoms with Crippen LogP contribution in [0.2, 0.25) is 0 Å². The molecule has 1 aromatic heterocycles. The van der Waals surface area contributed by atoms with Gasteiger partial charge in [0.25, 0.3) is 5.91 Å². The molecule has 0 N–H and O–H groups in total. The smallest absolute Gasteiger partial charge is 0.325 e. The Morgan fingerprint density at radius 1 is 1.19 bits per heavy atom. The van der Waals surface area contributed by atoms with E-state index in [1.807, 2.05) is 59.3 Å². The lowest BCUT2D eigenvalue weighted by molar-refractivity contribution is -0.141. The summed E-state index contributed by atoms with van der Waals surface area (Å²) in [4.78, 5) is 27.1. The molecule has 2 aromatic carbocycles. The van der Waals surface area contributed by atoms with Crippen molar-refractivity contribution in [3.63, 3.8) is 0 Å². The van der Waals surface area contributed by atoms with Gasteiger partial charge in [-0.2, -0.15) is 0 Å². The molecule has 0 spiro atoms. The lowest BCUT2D eigenvalue weighted by Gasteiger charge is -2.14. The topological polar surface area (TPSA) is 60.8 Å². The third-order valence-electron chi connectivity index (χ3n) is 5.06. The highest BCUT2D eigenvalue weighted by atomic mass is 79.9. The summed E-state index contributed by atoms with van der Waals surface area (Å²) in [5.74, 6) is 0.274. The number of thioether (sulfide) groups is 1. The Morgan fingerprint density at radius 3 is 2.62 bits per heavy atom. The molecule has 1 aliphatic rings. The van der Waals surface area contributed by atoms with Gasteiger partial charge in [-0.3, -0.25) is 14.5 Å². The number of hydrogen-bond donors (Lipinski definition) is 0. The monoisotopic (exact) mass is 530 g/mol. The Balaban J connectivity index is 1.64. The summed E-state index contributed by atoms with van der Waals surface area (Å²) in [5, 5.41) is 0.920. The Labute approximate surface area is 203 Å². The van der Waals surface area contributed by atoms with E-state index in [2.05, 4.69) is 15.9 Å². The highest BCUT2D eigenvalue weighted by Gasteiger charge is 2.32. The zero-order valence-electron chi connectivity index (χ0n) is 17.3. The van der Waals surface area contributed by atoms with E-state index >= 15 is 0 Å². The summed E-state index contributed by atoms with van der Waals surface area (Å²) < 4.78 is 13.2. The van der Waals surface area contributed by atoms with E-state index < -0.39 is 0 Å². The van der Waals surface area contributed by atoms with Gasteiger partial charge in [0.2, 0.25) is 0 Å². The van der Waals surface area contributed by atoms with Crippen LogP contribution in [0.15, 0.2) is 58.0 Å². The van der Waals surface area contributed by atoms with Gasteiger partial charge in [0.15, 0.2) is 0 Å². The fourth-order valence-electron chi connectivity index (χ4n) is 3.44. The minimum atomic E-state index is -0.345. The molecule has 4 rings (SSSR count). The zero-order valence-corrected chi connectivity index (χ0v) is 20.6. The maximum Gasteiger partial charge on any atom is 0.325 e. The van der Waals surface area contributed by atoms with Crippen molar-refractivity contribution < 1.29 is 19.1 Å². The number of aromatic nitrogens is 1. The number of benzene rings is 2. The van der Waals surface area contributed by atoms with Gasteiger partial charge in [-0.05, 0) is 42.0 Å². The zero-order chi connectivity index (χ0) is 22.8. The number of thiocarbonyl (C=S) groups is 1. The number of carbonyl (C=O) groups excluding carboxylic acids is 2. The van der Waals surface area contributed by atoms with Crippen LogP contribution in [0.4, 0.5) is 0 Å². The van der Waals surface area contributed by atoms with E-state index in [1.165, 1.54) is 18.9 Å². The molecule has 0 unspecified atom stereocenters. The maximum atomic E-state index is 13.1. The van der Waals surface area contributed by atoms with Crippen LogP contribution < -0.4 is 4.74 Å². The highest BCUT2D eigenvalue weighted by Crippen LogP contribution is 2.36. The number of carbonyl (C=O) groups is 2. The van der Waals surface area contributed by atoms with Gasteiger partial charge in [0.05, 0.1) is 25.7 Å². The molecular weight excluding hydrogens is 512 g/mol. The molecule has 1 fully saturated rings. The number of ether oxygens (including phenoxy) is 2. The molecule has 1 saturated heterocycles. The SMILES string of the molecule is COC(=O)Cn1cc(/C=C2\SC(=S)N(Cc3ccc(OC)cc3)C2=O)c2cc(Br)ccc21. The summed E-state index contributed by atoms with van der Waals surface area (Å²) in [7, 11) is 2.97. The van der Waals surface area contributed by atoms with Gasteiger partial charge in [0, 0.05) is 27.1 Å². The normalized spacial score (nSPS) is 15.1. The average Bonchev–Trinajstić information content (AvgIpc) is 3.25. The van der Waals surface area contributed by atoms with E-state index in [0.717, 1.165) is 32.3 Å². The molecule has 6 nitrogen and oxygen atoms in total. The van der Waals surface area contributed by atoms with Crippen LogP contribution >= 0.6 is 39.9 Å². The standard InChI is InChI=1S/C23H19BrN2O4S2/c1-29-17-6-3-14(4-7-17)11-26-22(28)20(32-23(26)31)9-15-12-25(13-21(27)30-2)19-8-5-16(24)10-18(15)19/h3-10,12H,11,13H2,1-2H3/b20-9-. The highest BCUT2D eigenvalue weighted by molar-refractivity contribution is 9.10. The second kappa shape index (κ2) is 9.48. The largest absolute Gasteiger partial charge is 0.497 e. The van der Waals surface area contributed by atoms with Gasteiger partial charge in [-0.1, -0.05) is 52.0 Å². The molecule has 9 heteroatoms. The molecule has 2 heterocycles. The summed E-state index contributed by atoms with van der Waals surface area (Å²) in [6.07, 6.45) is 3.68. The molecule has 0 radical (unpaired) electrons. The molecular formula is C23H19BrN2O4S2. The third-order valence-corrected chi connectivity index (χ3v) is 6.93. The van der Waals surface area contributed by atoms with Crippen LogP contribution in [-0.2, 0) is 27.4 Å². The fourth-order valence-corrected chi connectivity index (χ4v) is 5.04. The number of nitrogens with zero attached hydrogens (tertiary/aromatic N) is 2. The van der Waals surface area contributed by atoms with E-state index in [1.54, 1.807) is 12.0 Å². The van der Waals surface area contributed by atoms with Gasteiger partial charge >= 0.3 is 5.97 Å². The third kappa shape index (κ3) is 4.60. The number of esters is 1. The summed E-state index contributed by atoms with van der Waals surface area (Å²) in [6.45, 7) is 0.475. The predicted octanol–water partition coefficient (Wildman–Crippen LogP) is 4.99. The van der Waals surface area contributed by atoms with Gasteiger partial charge in [-0.25, -0.2) is 0 Å². The van der Waals surface area contributed by atoms with Crippen molar-refractivity contribution in [2.24, 2.45) is 0 Å². The van der Waals surface area contributed by atoms with Crippen LogP contribution in [0.3, 0.4) is 0 Å². The molecule has 1 amide bonds. The Bertz CT molecular complexity index is 1250. The number of fused-ring (bicyclic) bond motifs is 1. The first-order valence-electron chi connectivity index (χ1n) is 9.63. The number of rotatable bonds is 6. The molecule has 0 atom stereocenters. The Kier molecular flexibility index (Phi) is 6.68. The second-order valence-electron chi connectivity index (χ2n) is 7.07. The summed E-state index contributed by atoms with van der Waals surface area (Å²) in [5.41, 5.74) is 2.66. The van der Waals surface area contributed by atoms with Crippen molar-refractivity contribution in [1.29, 1.82) is 0 Å². The van der Waals surface area contributed by atoms with Crippen molar-refractivity contribution in [2.45, 2.75) is 13.1 Å². The molecule has 164 valence electrons. The fraction of sp³-hybridized carbons (Fsp3) is 0.174. The molecule has 32 heavy (non-hydrogen) atoms. The predicted molar refractivity (Wildman–Crippen MR) is 133 cm³/mol. The van der Waals surface area contributed by atoms with Crippen LogP contribution in [0, 0.1) is 0 Å². The Hall–Kier alpha value is -2.62.